The zero-order valence-corrected chi connectivity index (χ0v) is 32.4. The highest BCUT2D eigenvalue weighted by atomic mass is 15.1. The number of hydrogen-bond acceptors (Lipinski definition) is 1. The first kappa shape index (κ1) is 33.9. The molecule has 56 heavy (non-hydrogen) atoms. The Morgan fingerprint density at radius 2 is 1.14 bits per heavy atom. The van der Waals surface area contributed by atoms with Gasteiger partial charge < -0.3 is 4.90 Å². The van der Waals surface area contributed by atoms with Crippen LogP contribution in [0.4, 0.5) is 17.1 Å². The number of hydrogen-bond donors (Lipinski definition) is 0. The summed E-state index contributed by atoms with van der Waals surface area (Å²) in [6, 6.07) is 54.6. The molecule has 3 aliphatic rings. The topological polar surface area (TPSA) is 3.24 Å². The molecular formula is C55H43N. The lowest BCUT2D eigenvalue weighted by Crippen LogP contribution is -2.12. The average molecular weight is 718 g/mol. The van der Waals surface area contributed by atoms with Crippen LogP contribution in [-0.2, 0) is 6.42 Å². The molecule has 1 nitrogen and oxygen atoms in total. The molecule has 3 aliphatic carbocycles. The summed E-state index contributed by atoms with van der Waals surface area (Å²) in [5, 5.41) is 0. The lowest BCUT2D eigenvalue weighted by Gasteiger charge is -2.30. The Hall–Kier alpha value is -6.62. The van der Waals surface area contributed by atoms with Gasteiger partial charge in [-0.05, 0) is 164 Å². The Labute approximate surface area is 331 Å². The summed E-state index contributed by atoms with van der Waals surface area (Å²) >= 11 is 0. The van der Waals surface area contributed by atoms with E-state index in [0.29, 0.717) is 5.92 Å². The fourth-order valence-electron chi connectivity index (χ4n) is 9.40. The number of nitrogens with zero attached hydrogens (tertiary/aromatic N) is 1. The summed E-state index contributed by atoms with van der Waals surface area (Å²) in [7, 11) is 0. The van der Waals surface area contributed by atoms with E-state index in [4.69, 9.17) is 0 Å². The molecule has 0 fully saturated rings. The normalized spacial score (nSPS) is 13.5. The first-order valence-electron chi connectivity index (χ1n) is 20.0. The van der Waals surface area contributed by atoms with Crippen LogP contribution in [0.3, 0.4) is 0 Å². The molecule has 0 aliphatic heterocycles. The molecule has 1 atom stereocenters. The Balaban J connectivity index is 1.17. The SMILES string of the molecule is CCC(C)c1c(C2=C(C)C=C=C=C2)cccc1-c1ccc(N(c2ccc3c(c2)-c2ccccc2C3)c2ccc3c(C)c2-c2ccccc2-c2ccccc2-3)cc1. The van der Waals surface area contributed by atoms with Gasteiger partial charge in [-0.25, -0.2) is 0 Å². The van der Waals surface area contributed by atoms with E-state index in [-0.39, 0.29) is 0 Å². The molecule has 0 N–H and O–H groups in total. The maximum atomic E-state index is 3.22. The van der Waals surface area contributed by atoms with Gasteiger partial charge in [-0.3, -0.25) is 0 Å². The van der Waals surface area contributed by atoms with Gasteiger partial charge in [-0.15, -0.1) is 0 Å². The summed E-state index contributed by atoms with van der Waals surface area (Å²) < 4.78 is 0. The Morgan fingerprint density at radius 1 is 0.536 bits per heavy atom. The second-order valence-electron chi connectivity index (χ2n) is 15.5. The third-order valence-electron chi connectivity index (χ3n) is 12.4. The van der Waals surface area contributed by atoms with E-state index in [1.54, 1.807) is 0 Å². The van der Waals surface area contributed by atoms with Crippen molar-refractivity contribution in [2.75, 3.05) is 4.90 Å². The van der Waals surface area contributed by atoms with Crippen molar-refractivity contribution in [1.82, 2.24) is 0 Å². The molecule has 10 rings (SSSR count). The number of allylic oxidation sites excluding steroid dienone is 4. The van der Waals surface area contributed by atoms with E-state index >= 15 is 0 Å². The predicted octanol–water partition coefficient (Wildman–Crippen LogP) is 15.2. The van der Waals surface area contributed by atoms with Gasteiger partial charge in [0.15, 0.2) is 0 Å². The van der Waals surface area contributed by atoms with Gasteiger partial charge in [0, 0.05) is 16.9 Å². The van der Waals surface area contributed by atoms with Crippen molar-refractivity contribution >= 4 is 22.6 Å². The maximum Gasteiger partial charge on any atom is 0.0543 e. The van der Waals surface area contributed by atoms with Crippen molar-refractivity contribution < 1.29 is 0 Å². The van der Waals surface area contributed by atoms with Crippen molar-refractivity contribution in [2.45, 2.75) is 46.5 Å². The number of anilines is 3. The van der Waals surface area contributed by atoms with Gasteiger partial charge in [0.1, 0.15) is 0 Å². The number of rotatable bonds is 7. The van der Waals surface area contributed by atoms with Crippen LogP contribution in [0.5, 0.6) is 0 Å². The highest BCUT2D eigenvalue weighted by molar-refractivity contribution is 6.04. The first-order chi connectivity index (χ1) is 27.5. The molecule has 0 radical (unpaired) electrons. The molecular weight excluding hydrogens is 675 g/mol. The van der Waals surface area contributed by atoms with Crippen LogP contribution >= 0.6 is 0 Å². The monoisotopic (exact) mass is 717 g/mol. The molecule has 0 saturated carbocycles. The molecule has 1 heteroatoms. The molecule has 0 saturated heterocycles. The molecule has 7 aromatic carbocycles. The smallest absolute Gasteiger partial charge is 0.0543 e. The molecule has 7 aromatic rings. The fourth-order valence-corrected chi connectivity index (χ4v) is 9.40. The minimum absolute atomic E-state index is 0.387. The second-order valence-corrected chi connectivity index (χ2v) is 15.5. The van der Waals surface area contributed by atoms with Crippen LogP contribution in [0.25, 0.3) is 61.2 Å². The van der Waals surface area contributed by atoms with Gasteiger partial charge >= 0.3 is 0 Å². The first-order valence-corrected chi connectivity index (χ1v) is 20.0. The summed E-state index contributed by atoms with van der Waals surface area (Å²) in [5.41, 5.74) is 31.9. The van der Waals surface area contributed by atoms with E-state index in [0.717, 1.165) is 24.2 Å². The van der Waals surface area contributed by atoms with Gasteiger partial charge in [0.2, 0.25) is 0 Å². The van der Waals surface area contributed by atoms with Crippen molar-refractivity contribution in [1.29, 1.82) is 0 Å². The van der Waals surface area contributed by atoms with Crippen molar-refractivity contribution in [3.63, 3.8) is 0 Å². The summed E-state index contributed by atoms with van der Waals surface area (Å²) in [6.45, 7) is 9.13. The highest BCUT2D eigenvalue weighted by Gasteiger charge is 2.28. The van der Waals surface area contributed by atoms with Crippen LogP contribution in [0.2, 0.25) is 0 Å². The van der Waals surface area contributed by atoms with E-state index < -0.39 is 0 Å². The van der Waals surface area contributed by atoms with Gasteiger partial charge in [-0.2, -0.15) is 0 Å². The van der Waals surface area contributed by atoms with Crippen molar-refractivity contribution in [3.05, 3.63) is 203 Å². The lowest BCUT2D eigenvalue weighted by atomic mass is 9.82. The molecule has 0 spiro atoms. The Kier molecular flexibility index (Phi) is 8.23. The molecule has 2 bridgehead atoms. The minimum Gasteiger partial charge on any atom is -0.310 e. The highest BCUT2D eigenvalue weighted by Crippen LogP contribution is 2.52. The average Bonchev–Trinajstić information content (AvgIpc) is 3.60. The zero-order valence-electron chi connectivity index (χ0n) is 32.4. The fraction of sp³-hybridized carbons (Fsp3) is 0.127. The molecule has 268 valence electrons. The van der Waals surface area contributed by atoms with Gasteiger partial charge in [0.25, 0.3) is 0 Å². The van der Waals surface area contributed by atoms with Crippen molar-refractivity contribution in [2.24, 2.45) is 0 Å². The van der Waals surface area contributed by atoms with Crippen LogP contribution in [0.15, 0.2) is 175 Å². The third kappa shape index (κ3) is 5.40. The molecule has 0 amide bonds. The summed E-state index contributed by atoms with van der Waals surface area (Å²) in [6.07, 6.45) is 6.17. The largest absolute Gasteiger partial charge is 0.310 e. The Morgan fingerprint density at radius 3 is 1.89 bits per heavy atom. The predicted molar refractivity (Wildman–Crippen MR) is 237 cm³/mol. The van der Waals surface area contributed by atoms with Crippen LogP contribution in [0.1, 0.15) is 60.9 Å². The zero-order chi connectivity index (χ0) is 37.9. The summed E-state index contributed by atoms with van der Waals surface area (Å²) in [4.78, 5) is 2.50. The van der Waals surface area contributed by atoms with Crippen LogP contribution in [-0.4, -0.2) is 0 Å². The maximum absolute atomic E-state index is 3.22. The van der Waals surface area contributed by atoms with Crippen molar-refractivity contribution in [3.8, 4) is 55.6 Å². The second kappa shape index (κ2) is 13.6. The lowest BCUT2D eigenvalue weighted by molar-refractivity contribution is 0.733. The van der Waals surface area contributed by atoms with Crippen LogP contribution < -0.4 is 4.90 Å². The minimum atomic E-state index is 0.387. The van der Waals surface area contributed by atoms with Gasteiger partial charge in [-0.1, -0.05) is 141 Å². The summed E-state index contributed by atoms with van der Waals surface area (Å²) in [5.74, 6) is 0.387. The standard InChI is InChI=1S/C55H43N/c1-5-35(2)54-46(23-14-24-50(54)43-17-8-6-15-36(43)3)38-25-28-41(29-26-38)56(42-30-27-40-33-39-16-7-9-18-45(39)52(40)34-42)53-32-31-44-37(4)55(53)51-22-13-12-21-49(51)48-20-11-10-19-47(44)48/h7,9-32,34-35H,5,33H2,1-4H3. The Bertz CT molecular complexity index is 2870. The third-order valence-corrected chi connectivity index (χ3v) is 12.4. The molecule has 0 heterocycles. The number of fused-ring (bicyclic) bond motifs is 10. The molecule has 0 aromatic heterocycles. The van der Waals surface area contributed by atoms with Gasteiger partial charge in [0.05, 0.1) is 5.69 Å². The number of benzene rings is 7. The van der Waals surface area contributed by atoms with E-state index in [9.17, 15) is 0 Å². The molecule has 1 unspecified atom stereocenters. The van der Waals surface area contributed by atoms with E-state index in [1.165, 1.54) is 100 Å². The van der Waals surface area contributed by atoms with E-state index in [2.05, 4.69) is 196 Å². The van der Waals surface area contributed by atoms with E-state index in [1.807, 2.05) is 6.08 Å². The van der Waals surface area contributed by atoms with Crippen LogP contribution in [0, 0.1) is 6.92 Å². The quantitative estimate of drug-likeness (QED) is 0.148.